The van der Waals surface area contributed by atoms with E-state index in [-0.39, 0.29) is 18.1 Å². The van der Waals surface area contributed by atoms with E-state index < -0.39 is 6.61 Å². The molecule has 1 amide bonds. The van der Waals surface area contributed by atoms with Gasteiger partial charge in [0.05, 0.1) is 13.5 Å². The number of nitrogens with one attached hydrogen (secondary N) is 1. The summed E-state index contributed by atoms with van der Waals surface area (Å²) >= 11 is 0. The van der Waals surface area contributed by atoms with Crippen molar-refractivity contribution in [3.05, 3.63) is 72.6 Å². The Labute approximate surface area is 160 Å². The van der Waals surface area contributed by atoms with Gasteiger partial charge in [-0.3, -0.25) is 9.78 Å². The molecule has 0 atom stereocenters. The number of carbonyl (C=O) groups excluding carboxylic acids is 1. The summed E-state index contributed by atoms with van der Waals surface area (Å²) in [6.07, 6.45) is 3.40. The van der Waals surface area contributed by atoms with Crippen molar-refractivity contribution < 1.29 is 23.0 Å². The quantitative estimate of drug-likeness (QED) is 0.650. The maximum atomic E-state index is 12.3. The van der Waals surface area contributed by atoms with Crippen molar-refractivity contribution in [3.8, 4) is 22.6 Å². The summed E-state index contributed by atoms with van der Waals surface area (Å²) in [6.45, 7) is -2.91. The number of pyridine rings is 1. The van der Waals surface area contributed by atoms with Crippen molar-refractivity contribution >= 4 is 11.6 Å². The van der Waals surface area contributed by atoms with Crippen molar-refractivity contribution in [2.75, 3.05) is 12.4 Å². The zero-order valence-corrected chi connectivity index (χ0v) is 15.1. The van der Waals surface area contributed by atoms with Crippen LogP contribution in [0, 0.1) is 0 Å². The number of hydrogen-bond acceptors (Lipinski definition) is 4. The minimum absolute atomic E-state index is 0.0173. The third kappa shape index (κ3) is 5.03. The van der Waals surface area contributed by atoms with Crippen molar-refractivity contribution in [2.24, 2.45) is 0 Å². The van der Waals surface area contributed by atoms with Crippen LogP contribution in [-0.4, -0.2) is 24.6 Å². The number of benzene rings is 2. The highest BCUT2D eigenvalue weighted by Crippen LogP contribution is 2.32. The van der Waals surface area contributed by atoms with E-state index in [0.717, 1.165) is 11.1 Å². The minimum Gasteiger partial charge on any atom is -0.496 e. The van der Waals surface area contributed by atoms with Crippen molar-refractivity contribution in [3.63, 3.8) is 0 Å². The number of halogens is 2. The second-order valence-corrected chi connectivity index (χ2v) is 5.90. The van der Waals surface area contributed by atoms with Crippen LogP contribution >= 0.6 is 0 Å². The number of nitrogens with zero attached hydrogens (tertiary/aromatic N) is 1. The van der Waals surface area contributed by atoms with E-state index in [1.54, 1.807) is 43.8 Å². The summed E-state index contributed by atoms with van der Waals surface area (Å²) in [5.74, 6) is 0.341. The van der Waals surface area contributed by atoms with Gasteiger partial charge in [0, 0.05) is 29.7 Å². The molecule has 7 heteroatoms. The van der Waals surface area contributed by atoms with Crippen molar-refractivity contribution in [2.45, 2.75) is 13.0 Å². The minimum atomic E-state index is -2.91. The average molecular weight is 384 g/mol. The molecule has 0 radical (unpaired) electrons. The topological polar surface area (TPSA) is 60.5 Å². The summed E-state index contributed by atoms with van der Waals surface area (Å²) < 4.78 is 34.4. The molecule has 0 aliphatic heterocycles. The van der Waals surface area contributed by atoms with E-state index in [9.17, 15) is 13.6 Å². The highest BCUT2D eigenvalue weighted by Gasteiger charge is 2.11. The van der Waals surface area contributed by atoms with Gasteiger partial charge >= 0.3 is 6.61 Å². The first-order chi connectivity index (χ1) is 13.5. The number of alkyl halides is 2. The third-order valence-corrected chi connectivity index (χ3v) is 3.96. The lowest BCUT2D eigenvalue weighted by Crippen LogP contribution is -2.14. The highest BCUT2D eigenvalue weighted by atomic mass is 19.3. The molecular weight excluding hydrogens is 366 g/mol. The maximum absolute atomic E-state index is 12.3. The van der Waals surface area contributed by atoms with Gasteiger partial charge in [0.2, 0.25) is 5.91 Å². The molecule has 1 heterocycles. The molecule has 3 rings (SSSR count). The summed E-state index contributed by atoms with van der Waals surface area (Å²) in [7, 11) is 1.56. The fourth-order valence-electron chi connectivity index (χ4n) is 2.76. The maximum Gasteiger partial charge on any atom is 0.387 e. The molecule has 0 saturated heterocycles. The van der Waals surface area contributed by atoms with Gasteiger partial charge in [-0.15, -0.1) is 0 Å². The number of amides is 1. The second kappa shape index (κ2) is 8.94. The molecule has 0 unspecified atom stereocenters. The molecule has 2 aromatic carbocycles. The normalized spacial score (nSPS) is 10.6. The predicted octanol–water partition coefficient (Wildman–Crippen LogP) is 4.54. The smallest absolute Gasteiger partial charge is 0.387 e. The van der Waals surface area contributed by atoms with E-state index >= 15 is 0 Å². The number of rotatable bonds is 7. The second-order valence-electron chi connectivity index (χ2n) is 5.90. The van der Waals surface area contributed by atoms with Crippen LogP contribution in [0.3, 0.4) is 0 Å². The average Bonchev–Trinajstić information content (AvgIpc) is 2.68. The van der Waals surface area contributed by atoms with Crippen LogP contribution in [0.4, 0.5) is 14.5 Å². The van der Waals surface area contributed by atoms with Gasteiger partial charge in [-0.2, -0.15) is 8.78 Å². The van der Waals surface area contributed by atoms with Crippen LogP contribution in [0.1, 0.15) is 5.56 Å². The van der Waals surface area contributed by atoms with Gasteiger partial charge in [0.1, 0.15) is 11.5 Å². The molecule has 0 aliphatic rings. The summed E-state index contributed by atoms with van der Waals surface area (Å²) in [5.41, 5.74) is 2.95. The fourth-order valence-corrected chi connectivity index (χ4v) is 2.76. The molecule has 0 saturated carbocycles. The SMILES string of the molecule is COc1cc(NC(=O)Cc2cccc(OC(F)F)c2)ccc1-c1ccncc1. The number of ether oxygens (including phenoxy) is 2. The Morgan fingerprint density at radius 1 is 1.11 bits per heavy atom. The van der Waals surface area contributed by atoms with Gasteiger partial charge in [0.15, 0.2) is 0 Å². The Hall–Kier alpha value is -3.48. The molecule has 0 spiro atoms. The molecule has 0 bridgehead atoms. The molecule has 1 N–H and O–H groups in total. The van der Waals surface area contributed by atoms with Crippen LogP contribution in [0.25, 0.3) is 11.1 Å². The molecule has 1 aromatic heterocycles. The van der Waals surface area contributed by atoms with Crippen LogP contribution in [0.15, 0.2) is 67.0 Å². The van der Waals surface area contributed by atoms with Crippen LogP contribution < -0.4 is 14.8 Å². The first kappa shape index (κ1) is 19.3. The van der Waals surface area contributed by atoms with Gasteiger partial charge < -0.3 is 14.8 Å². The first-order valence-corrected chi connectivity index (χ1v) is 8.47. The molecule has 28 heavy (non-hydrogen) atoms. The van der Waals surface area contributed by atoms with E-state index in [4.69, 9.17) is 4.74 Å². The van der Waals surface area contributed by atoms with Gasteiger partial charge in [-0.1, -0.05) is 12.1 Å². The largest absolute Gasteiger partial charge is 0.496 e. The fraction of sp³-hybridized carbons (Fsp3) is 0.143. The van der Waals surface area contributed by atoms with Crippen LogP contribution in [-0.2, 0) is 11.2 Å². The molecular formula is C21H18F2N2O3. The Morgan fingerprint density at radius 3 is 2.61 bits per heavy atom. The van der Waals surface area contributed by atoms with E-state index in [1.807, 2.05) is 18.2 Å². The molecule has 0 fully saturated rings. The molecule has 0 aliphatic carbocycles. The van der Waals surface area contributed by atoms with Gasteiger partial charge in [0.25, 0.3) is 0 Å². The lowest BCUT2D eigenvalue weighted by atomic mass is 10.1. The predicted molar refractivity (Wildman–Crippen MR) is 102 cm³/mol. The van der Waals surface area contributed by atoms with Gasteiger partial charge in [-0.25, -0.2) is 0 Å². The van der Waals surface area contributed by atoms with Crippen LogP contribution in [0.2, 0.25) is 0 Å². The summed E-state index contributed by atoms with van der Waals surface area (Å²) in [4.78, 5) is 16.3. The lowest BCUT2D eigenvalue weighted by Gasteiger charge is -2.12. The van der Waals surface area contributed by atoms with Crippen LogP contribution in [0.5, 0.6) is 11.5 Å². The van der Waals surface area contributed by atoms with E-state index in [0.29, 0.717) is 17.0 Å². The monoisotopic (exact) mass is 384 g/mol. The Balaban J connectivity index is 1.71. The third-order valence-electron chi connectivity index (χ3n) is 3.96. The Morgan fingerprint density at radius 2 is 1.89 bits per heavy atom. The van der Waals surface area contributed by atoms with Gasteiger partial charge in [-0.05, 0) is 47.5 Å². The highest BCUT2D eigenvalue weighted by molar-refractivity contribution is 5.93. The number of carbonyl (C=O) groups is 1. The number of aromatic nitrogens is 1. The summed E-state index contributed by atoms with van der Waals surface area (Å²) in [6, 6.07) is 15.1. The number of methoxy groups -OCH3 is 1. The standard InChI is InChI=1S/C21H18F2N2O3/c1-27-19-13-16(5-6-18(19)15-7-9-24-10-8-15)25-20(26)12-14-3-2-4-17(11-14)28-21(22)23/h2-11,13,21H,12H2,1H3,(H,25,26). The van der Waals surface area contributed by atoms with E-state index in [2.05, 4.69) is 15.0 Å². The molecule has 5 nitrogen and oxygen atoms in total. The number of anilines is 1. The zero-order chi connectivity index (χ0) is 19.9. The van der Waals surface area contributed by atoms with Crippen molar-refractivity contribution in [1.29, 1.82) is 0 Å². The first-order valence-electron chi connectivity index (χ1n) is 8.47. The Kier molecular flexibility index (Phi) is 6.16. The summed E-state index contributed by atoms with van der Waals surface area (Å²) in [5, 5.41) is 2.78. The molecule has 3 aromatic rings. The number of hydrogen-bond donors (Lipinski definition) is 1. The van der Waals surface area contributed by atoms with E-state index in [1.165, 1.54) is 12.1 Å². The van der Waals surface area contributed by atoms with Crippen molar-refractivity contribution in [1.82, 2.24) is 4.98 Å². The zero-order valence-electron chi connectivity index (χ0n) is 15.1. The molecule has 144 valence electrons. The lowest BCUT2D eigenvalue weighted by molar-refractivity contribution is -0.115. The Bertz CT molecular complexity index is 949.